The highest BCUT2D eigenvalue weighted by Gasteiger charge is 2.30. The second kappa shape index (κ2) is 10.3. The van der Waals surface area contributed by atoms with Gasteiger partial charge in [0.1, 0.15) is 12.1 Å². The SMILES string of the molecule is Cc1ccc(C)c(NC(=O)C(c2ccccc2)N2CCCN(c3ccccc3C#N)CC2)c1. The summed E-state index contributed by atoms with van der Waals surface area (Å²) in [6.07, 6.45) is 0.917. The average Bonchev–Trinajstić information content (AvgIpc) is 3.08. The molecule has 0 bridgehead atoms. The molecule has 1 aliphatic rings. The van der Waals surface area contributed by atoms with E-state index in [-0.39, 0.29) is 11.9 Å². The third-order valence-electron chi connectivity index (χ3n) is 6.28. The topological polar surface area (TPSA) is 59.4 Å². The number of nitriles is 1. The summed E-state index contributed by atoms with van der Waals surface area (Å²) in [6, 6.07) is 25.8. The molecule has 1 N–H and O–H groups in total. The van der Waals surface area contributed by atoms with Gasteiger partial charge in [-0.2, -0.15) is 5.26 Å². The van der Waals surface area contributed by atoms with Gasteiger partial charge in [-0.25, -0.2) is 0 Å². The molecule has 0 spiro atoms. The molecule has 3 aromatic carbocycles. The van der Waals surface area contributed by atoms with Crippen LogP contribution in [0.15, 0.2) is 72.8 Å². The number of anilines is 2. The molecule has 168 valence electrons. The van der Waals surface area contributed by atoms with Gasteiger partial charge in [0.15, 0.2) is 0 Å². The largest absolute Gasteiger partial charge is 0.369 e. The number of nitrogens with zero attached hydrogens (tertiary/aromatic N) is 3. The molecule has 0 aliphatic carbocycles. The molecule has 0 saturated carbocycles. The number of benzene rings is 3. The van der Waals surface area contributed by atoms with Crippen LogP contribution in [0, 0.1) is 25.2 Å². The highest BCUT2D eigenvalue weighted by atomic mass is 16.2. The van der Waals surface area contributed by atoms with Gasteiger partial charge in [0, 0.05) is 31.9 Å². The Morgan fingerprint density at radius 1 is 0.939 bits per heavy atom. The van der Waals surface area contributed by atoms with Crippen LogP contribution in [0.5, 0.6) is 0 Å². The van der Waals surface area contributed by atoms with E-state index < -0.39 is 0 Å². The molecule has 1 saturated heterocycles. The highest BCUT2D eigenvalue weighted by Crippen LogP contribution is 2.27. The van der Waals surface area contributed by atoms with Crippen LogP contribution < -0.4 is 10.2 Å². The third-order valence-corrected chi connectivity index (χ3v) is 6.28. The Morgan fingerprint density at radius 2 is 1.70 bits per heavy atom. The predicted octanol–water partition coefficient (Wildman–Crippen LogP) is 5.07. The molecule has 33 heavy (non-hydrogen) atoms. The van der Waals surface area contributed by atoms with Gasteiger partial charge in [0.25, 0.3) is 0 Å². The van der Waals surface area contributed by atoms with E-state index in [0.717, 1.165) is 60.7 Å². The maximum atomic E-state index is 13.6. The standard InChI is InChI=1S/C28H30N4O/c1-21-13-14-22(2)25(19-21)30-28(33)27(23-9-4-3-5-10-23)32-16-8-15-31(17-18-32)26-12-7-6-11-24(26)20-29/h3-7,9-14,19,27H,8,15-18H2,1-2H3,(H,30,33). The van der Waals surface area contributed by atoms with Gasteiger partial charge in [-0.05, 0) is 55.2 Å². The van der Waals surface area contributed by atoms with E-state index in [4.69, 9.17) is 0 Å². The second-order valence-electron chi connectivity index (χ2n) is 8.63. The molecule has 5 nitrogen and oxygen atoms in total. The molecular weight excluding hydrogens is 408 g/mol. The lowest BCUT2D eigenvalue weighted by atomic mass is 10.0. The fourth-order valence-electron chi connectivity index (χ4n) is 4.52. The minimum Gasteiger partial charge on any atom is -0.369 e. The van der Waals surface area contributed by atoms with E-state index in [1.165, 1.54) is 0 Å². The van der Waals surface area contributed by atoms with Crippen molar-refractivity contribution < 1.29 is 4.79 Å². The molecule has 4 rings (SSSR count). The first-order valence-corrected chi connectivity index (χ1v) is 11.5. The summed E-state index contributed by atoms with van der Waals surface area (Å²) < 4.78 is 0. The Labute approximate surface area is 196 Å². The number of amides is 1. The number of carbonyl (C=O) groups excluding carboxylic acids is 1. The van der Waals surface area contributed by atoms with Gasteiger partial charge in [-0.3, -0.25) is 9.69 Å². The summed E-state index contributed by atoms with van der Waals surface area (Å²) >= 11 is 0. The minimum atomic E-state index is -0.378. The number of para-hydroxylation sites is 1. The van der Waals surface area contributed by atoms with Crippen LogP contribution in [0.1, 0.15) is 34.7 Å². The average molecular weight is 439 g/mol. The van der Waals surface area contributed by atoms with Crippen molar-refractivity contribution in [2.75, 3.05) is 36.4 Å². The Hall–Kier alpha value is -3.62. The van der Waals surface area contributed by atoms with E-state index in [2.05, 4.69) is 27.3 Å². The molecule has 1 aliphatic heterocycles. The quantitative estimate of drug-likeness (QED) is 0.604. The zero-order chi connectivity index (χ0) is 23.2. The highest BCUT2D eigenvalue weighted by molar-refractivity contribution is 5.96. The molecule has 1 amide bonds. The zero-order valence-corrected chi connectivity index (χ0v) is 19.3. The van der Waals surface area contributed by atoms with E-state index in [9.17, 15) is 10.1 Å². The molecule has 1 atom stereocenters. The number of hydrogen-bond acceptors (Lipinski definition) is 4. The van der Waals surface area contributed by atoms with Gasteiger partial charge >= 0.3 is 0 Å². The Morgan fingerprint density at radius 3 is 2.48 bits per heavy atom. The Balaban J connectivity index is 1.58. The van der Waals surface area contributed by atoms with Crippen LogP contribution in [0.25, 0.3) is 0 Å². The van der Waals surface area contributed by atoms with Crippen LogP contribution >= 0.6 is 0 Å². The zero-order valence-electron chi connectivity index (χ0n) is 19.3. The van der Waals surface area contributed by atoms with Crippen LogP contribution in [-0.4, -0.2) is 37.0 Å². The van der Waals surface area contributed by atoms with Crippen molar-refractivity contribution in [3.05, 3.63) is 95.1 Å². The predicted molar refractivity (Wildman–Crippen MR) is 133 cm³/mol. The first-order chi connectivity index (χ1) is 16.1. The van der Waals surface area contributed by atoms with Gasteiger partial charge in [-0.15, -0.1) is 0 Å². The van der Waals surface area contributed by atoms with Crippen LogP contribution in [0.3, 0.4) is 0 Å². The summed E-state index contributed by atoms with van der Waals surface area (Å²) in [7, 11) is 0. The summed E-state index contributed by atoms with van der Waals surface area (Å²) in [6.45, 7) is 7.22. The summed E-state index contributed by atoms with van der Waals surface area (Å²) in [5.74, 6) is -0.0132. The number of hydrogen-bond donors (Lipinski definition) is 1. The van der Waals surface area contributed by atoms with E-state index in [1.54, 1.807) is 0 Å². The summed E-state index contributed by atoms with van der Waals surface area (Å²) in [5, 5.41) is 12.7. The van der Waals surface area contributed by atoms with Crippen molar-refractivity contribution in [1.82, 2.24) is 4.90 Å². The van der Waals surface area contributed by atoms with Crippen LogP contribution in [-0.2, 0) is 4.79 Å². The number of carbonyl (C=O) groups is 1. The Kier molecular flexibility index (Phi) is 7.07. The lowest BCUT2D eigenvalue weighted by Gasteiger charge is -2.30. The monoisotopic (exact) mass is 438 g/mol. The normalized spacial score (nSPS) is 15.4. The van der Waals surface area contributed by atoms with Crippen molar-refractivity contribution in [2.24, 2.45) is 0 Å². The molecule has 1 heterocycles. The summed E-state index contributed by atoms with van der Waals surface area (Å²) in [5.41, 5.74) is 5.69. The molecule has 0 aromatic heterocycles. The van der Waals surface area contributed by atoms with Gasteiger partial charge in [0.05, 0.1) is 11.3 Å². The number of nitrogens with one attached hydrogen (secondary N) is 1. The molecular formula is C28H30N4O. The smallest absolute Gasteiger partial charge is 0.246 e. The first-order valence-electron chi connectivity index (χ1n) is 11.5. The van der Waals surface area contributed by atoms with Crippen molar-refractivity contribution in [2.45, 2.75) is 26.3 Å². The fourth-order valence-corrected chi connectivity index (χ4v) is 4.52. The van der Waals surface area contributed by atoms with Crippen LogP contribution in [0.2, 0.25) is 0 Å². The second-order valence-corrected chi connectivity index (χ2v) is 8.63. The lowest BCUT2D eigenvalue weighted by molar-refractivity contribution is -0.121. The van der Waals surface area contributed by atoms with Crippen molar-refractivity contribution in [1.29, 1.82) is 5.26 Å². The van der Waals surface area contributed by atoms with Crippen molar-refractivity contribution in [3.8, 4) is 6.07 Å². The number of rotatable bonds is 5. The lowest BCUT2D eigenvalue weighted by Crippen LogP contribution is -2.40. The van der Waals surface area contributed by atoms with Gasteiger partial charge < -0.3 is 10.2 Å². The first kappa shape index (κ1) is 22.6. The maximum absolute atomic E-state index is 13.6. The van der Waals surface area contributed by atoms with Gasteiger partial charge in [0.2, 0.25) is 5.91 Å². The fraction of sp³-hybridized carbons (Fsp3) is 0.286. The number of aryl methyl sites for hydroxylation is 2. The molecule has 0 radical (unpaired) electrons. The van der Waals surface area contributed by atoms with Crippen molar-refractivity contribution in [3.63, 3.8) is 0 Å². The Bertz CT molecular complexity index is 1150. The summed E-state index contributed by atoms with van der Waals surface area (Å²) in [4.78, 5) is 18.2. The van der Waals surface area contributed by atoms with E-state index in [0.29, 0.717) is 5.56 Å². The van der Waals surface area contributed by atoms with Crippen molar-refractivity contribution >= 4 is 17.3 Å². The van der Waals surface area contributed by atoms with E-state index >= 15 is 0 Å². The van der Waals surface area contributed by atoms with Crippen LogP contribution in [0.4, 0.5) is 11.4 Å². The van der Waals surface area contributed by atoms with E-state index in [1.807, 2.05) is 80.6 Å². The molecule has 5 heteroatoms. The minimum absolute atomic E-state index is 0.0132. The maximum Gasteiger partial charge on any atom is 0.246 e. The molecule has 1 fully saturated rings. The van der Waals surface area contributed by atoms with Gasteiger partial charge in [-0.1, -0.05) is 54.6 Å². The third kappa shape index (κ3) is 5.24. The molecule has 1 unspecified atom stereocenters. The molecule has 3 aromatic rings.